The summed E-state index contributed by atoms with van der Waals surface area (Å²) < 4.78 is 28.5. The molecular weight excluding hydrogens is 545 g/mol. The molecule has 1 atom stereocenters. The molecule has 7 nitrogen and oxygen atoms in total. The van der Waals surface area contributed by atoms with Gasteiger partial charge in [0, 0.05) is 13.1 Å². The smallest absolute Gasteiger partial charge is 0.264 e. The molecule has 1 unspecified atom stereocenters. The van der Waals surface area contributed by atoms with Crippen molar-refractivity contribution in [3.63, 3.8) is 0 Å². The molecule has 0 fully saturated rings. The molecule has 202 valence electrons. The van der Waals surface area contributed by atoms with E-state index in [2.05, 4.69) is 5.32 Å². The molecule has 0 aromatic heterocycles. The lowest BCUT2D eigenvalue weighted by atomic mass is 10.1. The van der Waals surface area contributed by atoms with Crippen molar-refractivity contribution in [3.05, 3.63) is 94.0 Å². The lowest BCUT2D eigenvalue weighted by molar-refractivity contribution is -0.139. The van der Waals surface area contributed by atoms with Crippen LogP contribution in [0.3, 0.4) is 0 Å². The van der Waals surface area contributed by atoms with E-state index in [0.29, 0.717) is 6.54 Å². The molecule has 0 saturated heterocycles. The summed E-state index contributed by atoms with van der Waals surface area (Å²) in [5.74, 6) is -0.865. The van der Waals surface area contributed by atoms with Gasteiger partial charge in [-0.1, -0.05) is 78.2 Å². The van der Waals surface area contributed by atoms with Gasteiger partial charge in [0.15, 0.2) is 0 Å². The molecule has 0 bridgehead atoms. The van der Waals surface area contributed by atoms with Gasteiger partial charge in [-0.2, -0.15) is 0 Å². The maximum atomic E-state index is 13.8. The van der Waals surface area contributed by atoms with E-state index in [-0.39, 0.29) is 33.1 Å². The Kier molecular flexibility index (Phi) is 10.2. The molecule has 0 radical (unpaired) electrons. The first-order valence-corrected chi connectivity index (χ1v) is 14.4. The van der Waals surface area contributed by atoms with Crippen molar-refractivity contribution >= 4 is 50.7 Å². The van der Waals surface area contributed by atoms with E-state index in [1.807, 2.05) is 38.1 Å². The number of benzene rings is 3. The number of amides is 2. The van der Waals surface area contributed by atoms with Crippen LogP contribution in [0.1, 0.15) is 31.4 Å². The molecule has 0 aliphatic carbocycles. The topological polar surface area (TPSA) is 86.8 Å². The van der Waals surface area contributed by atoms with Crippen LogP contribution in [-0.2, 0) is 26.2 Å². The fourth-order valence-corrected chi connectivity index (χ4v) is 5.59. The summed E-state index contributed by atoms with van der Waals surface area (Å²) in [7, 11) is -4.17. The minimum Gasteiger partial charge on any atom is -0.354 e. The van der Waals surface area contributed by atoms with Gasteiger partial charge in [0.1, 0.15) is 12.6 Å². The Morgan fingerprint density at radius 1 is 0.947 bits per heavy atom. The van der Waals surface area contributed by atoms with E-state index in [9.17, 15) is 18.0 Å². The Bertz CT molecular complexity index is 1380. The van der Waals surface area contributed by atoms with E-state index >= 15 is 0 Å². The van der Waals surface area contributed by atoms with Crippen LogP contribution in [-0.4, -0.2) is 44.3 Å². The third-order valence-electron chi connectivity index (χ3n) is 5.95. The van der Waals surface area contributed by atoms with Gasteiger partial charge < -0.3 is 10.2 Å². The SMILES string of the molecule is CCCNC(=O)C(C)N(Cc1cccc(C)c1)C(=O)CN(c1ccc(Cl)c(Cl)c1)S(=O)(=O)c1ccccc1. The summed E-state index contributed by atoms with van der Waals surface area (Å²) in [6.45, 7) is 5.55. The fraction of sp³-hybridized carbons (Fsp3) is 0.286. The van der Waals surface area contributed by atoms with Crippen molar-refractivity contribution in [1.29, 1.82) is 0 Å². The zero-order valence-electron chi connectivity index (χ0n) is 21.5. The Balaban J connectivity index is 2.03. The molecule has 2 amide bonds. The standard InChI is InChI=1S/C28H31Cl2N3O4S/c1-4-15-31-28(35)21(3)32(18-22-10-8-9-20(2)16-22)27(34)19-33(23-13-14-25(29)26(30)17-23)38(36,37)24-11-6-5-7-12-24/h5-14,16-17,21H,4,15,18-19H2,1-3H3,(H,31,35). The van der Waals surface area contributed by atoms with Gasteiger partial charge in [0.05, 0.1) is 20.6 Å². The second-order valence-electron chi connectivity index (χ2n) is 8.90. The predicted octanol–water partition coefficient (Wildman–Crippen LogP) is 5.44. The van der Waals surface area contributed by atoms with Crippen molar-refractivity contribution in [3.8, 4) is 0 Å². The molecule has 3 aromatic rings. The van der Waals surface area contributed by atoms with Gasteiger partial charge in [-0.3, -0.25) is 13.9 Å². The van der Waals surface area contributed by atoms with E-state index < -0.39 is 28.5 Å². The molecule has 3 aromatic carbocycles. The Morgan fingerprint density at radius 2 is 1.66 bits per heavy atom. The van der Waals surface area contributed by atoms with E-state index in [1.54, 1.807) is 25.1 Å². The number of halogens is 2. The quantitative estimate of drug-likeness (QED) is 0.330. The first-order valence-electron chi connectivity index (χ1n) is 12.2. The number of sulfonamides is 1. The number of aryl methyl sites for hydroxylation is 1. The predicted molar refractivity (Wildman–Crippen MR) is 152 cm³/mol. The highest BCUT2D eigenvalue weighted by Gasteiger charge is 2.32. The molecule has 0 aliphatic rings. The highest BCUT2D eigenvalue weighted by Crippen LogP contribution is 2.31. The number of hydrogen-bond acceptors (Lipinski definition) is 4. The Labute approximate surface area is 234 Å². The van der Waals surface area contributed by atoms with Crippen molar-refractivity contribution in [2.75, 3.05) is 17.4 Å². The fourth-order valence-electron chi connectivity index (χ4n) is 3.87. The minimum absolute atomic E-state index is 0.0119. The van der Waals surface area contributed by atoms with Crippen LogP contribution in [0.2, 0.25) is 10.0 Å². The molecule has 10 heteroatoms. The average Bonchev–Trinajstić information content (AvgIpc) is 2.90. The van der Waals surface area contributed by atoms with Crippen LogP contribution in [0.5, 0.6) is 0 Å². The molecule has 1 N–H and O–H groups in total. The van der Waals surface area contributed by atoms with Gasteiger partial charge in [0.25, 0.3) is 10.0 Å². The van der Waals surface area contributed by atoms with Crippen LogP contribution in [0.4, 0.5) is 5.69 Å². The maximum Gasteiger partial charge on any atom is 0.264 e. The first-order chi connectivity index (χ1) is 18.0. The van der Waals surface area contributed by atoms with Crippen LogP contribution in [0.15, 0.2) is 77.7 Å². The largest absolute Gasteiger partial charge is 0.354 e. The van der Waals surface area contributed by atoms with Crippen molar-refractivity contribution < 1.29 is 18.0 Å². The third kappa shape index (κ3) is 7.28. The number of rotatable bonds is 11. The molecule has 0 spiro atoms. The summed E-state index contributed by atoms with van der Waals surface area (Å²) in [4.78, 5) is 28.1. The number of hydrogen-bond donors (Lipinski definition) is 1. The molecule has 0 aliphatic heterocycles. The molecule has 38 heavy (non-hydrogen) atoms. The summed E-state index contributed by atoms with van der Waals surface area (Å²) >= 11 is 12.3. The van der Waals surface area contributed by atoms with Crippen LogP contribution in [0.25, 0.3) is 0 Å². The zero-order chi connectivity index (χ0) is 27.9. The average molecular weight is 577 g/mol. The molecule has 0 heterocycles. The number of carbonyl (C=O) groups excluding carboxylic acids is 2. The zero-order valence-corrected chi connectivity index (χ0v) is 23.9. The second kappa shape index (κ2) is 13.1. The number of nitrogens with zero attached hydrogens (tertiary/aromatic N) is 2. The summed E-state index contributed by atoms with van der Waals surface area (Å²) in [6, 6.07) is 18.9. The minimum atomic E-state index is -4.17. The Hall–Kier alpha value is -3.07. The van der Waals surface area contributed by atoms with Crippen LogP contribution >= 0.6 is 23.2 Å². The van der Waals surface area contributed by atoms with E-state index in [4.69, 9.17) is 23.2 Å². The van der Waals surface area contributed by atoms with Crippen molar-refractivity contribution in [2.24, 2.45) is 0 Å². The van der Waals surface area contributed by atoms with Gasteiger partial charge >= 0.3 is 0 Å². The van der Waals surface area contributed by atoms with E-state index in [1.165, 1.54) is 35.2 Å². The molecule has 0 saturated carbocycles. The Morgan fingerprint density at radius 3 is 2.29 bits per heavy atom. The van der Waals surface area contributed by atoms with Crippen molar-refractivity contribution in [2.45, 2.75) is 44.7 Å². The monoisotopic (exact) mass is 575 g/mol. The van der Waals surface area contributed by atoms with Gasteiger partial charge in [-0.25, -0.2) is 8.42 Å². The third-order valence-corrected chi connectivity index (χ3v) is 8.48. The second-order valence-corrected chi connectivity index (χ2v) is 11.6. The maximum absolute atomic E-state index is 13.8. The molecule has 3 rings (SSSR count). The lowest BCUT2D eigenvalue weighted by Crippen LogP contribution is -2.51. The van der Waals surface area contributed by atoms with E-state index in [0.717, 1.165) is 21.9 Å². The summed E-state index contributed by atoms with van der Waals surface area (Å²) in [5, 5.41) is 3.22. The normalized spacial score (nSPS) is 12.0. The first kappa shape index (κ1) is 29.5. The van der Waals surface area contributed by atoms with Crippen molar-refractivity contribution in [1.82, 2.24) is 10.2 Å². The highest BCUT2D eigenvalue weighted by atomic mass is 35.5. The van der Waals surface area contributed by atoms with Gasteiger partial charge in [-0.15, -0.1) is 0 Å². The van der Waals surface area contributed by atoms with Crippen LogP contribution < -0.4 is 9.62 Å². The number of carbonyl (C=O) groups is 2. The van der Waals surface area contributed by atoms with Crippen LogP contribution in [0, 0.1) is 6.92 Å². The lowest BCUT2D eigenvalue weighted by Gasteiger charge is -2.32. The highest BCUT2D eigenvalue weighted by molar-refractivity contribution is 7.92. The number of nitrogens with one attached hydrogen (secondary N) is 1. The summed E-state index contributed by atoms with van der Waals surface area (Å²) in [5.41, 5.74) is 2.00. The van der Waals surface area contributed by atoms with Gasteiger partial charge in [-0.05, 0) is 56.2 Å². The molecular formula is C28H31Cl2N3O4S. The summed E-state index contributed by atoms with van der Waals surface area (Å²) in [6.07, 6.45) is 0.741. The number of anilines is 1. The van der Waals surface area contributed by atoms with Gasteiger partial charge in [0.2, 0.25) is 11.8 Å².